The first-order valence-corrected chi connectivity index (χ1v) is 11.9. The van der Waals surface area contributed by atoms with Crippen LogP contribution in [0.3, 0.4) is 0 Å². The van der Waals surface area contributed by atoms with Crippen molar-refractivity contribution in [2.75, 3.05) is 5.32 Å². The largest absolute Gasteiger partial charge is 0.393 e. The molecule has 2 heterocycles. The number of carbonyl (C=O) groups excluding carboxylic acids is 3. The topological polar surface area (TPSA) is 113 Å². The van der Waals surface area contributed by atoms with E-state index in [0.29, 0.717) is 53.9 Å². The van der Waals surface area contributed by atoms with Crippen LogP contribution in [0.2, 0.25) is 0 Å². The second kappa shape index (κ2) is 10.4. The van der Waals surface area contributed by atoms with Crippen molar-refractivity contribution >= 4 is 23.3 Å². The molecule has 0 aliphatic heterocycles. The molecule has 1 aromatic carbocycles. The van der Waals surface area contributed by atoms with Gasteiger partial charge in [-0.05, 0) is 81.0 Å². The van der Waals surface area contributed by atoms with Gasteiger partial charge >= 0.3 is 0 Å². The number of aliphatic hydroxyl groups excluding tert-OH is 1. The summed E-state index contributed by atoms with van der Waals surface area (Å²) in [6.07, 6.45) is 3.52. The molecule has 0 saturated heterocycles. The van der Waals surface area contributed by atoms with Crippen molar-refractivity contribution < 1.29 is 23.9 Å². The van der Waals surface area contributed by atoms with E-state index in [-0.39, 0.29) is 29.2 Å². The van der Waals surface area contributed by atoms with Gasteiger partial charge in [0.1, 0.15) is 5.82 Å². The van der Waals surface area contributed by atoms with Crippen LogP contribution in [0.5, 0.6) is 0 Å². The summed E-state index contributed by atoms with van der Waals surface area (Å²) < 4.78 is 15.2. The Bertz CT molecular complexity index is 1310. The second-order valence-electron chi connectivity index (χ2n) is 9.20. The highest BCUT2D eigenvalue weighted by molar-refractivity contribution is 6.43. The van der Waals surface area contributed by atoms with Gasteiger partial charge in [0, 0.05) is 25.0 Å². The summed E-state index contributed by atoms with van der Waals surface area (Å²) >= 11 is 0. The minimum absolute atomic E-state index is 0.0874. The monoisotopic (exact) mass is 492 g/mol. The molecule has 0 unspecified atom stereocenters. The molecule has 188 valence electrons. The normalized spacial score (nSPS) is 17.5. The molecule has 0 bridgehead atoms. The number of Topliss-reactive ketones (excluding diaryl/α,β-unsaturated/α-hetero) is 1. The molecule has 36 heavy (non-hydrogen) atoms. The predicted molar refractivity (Wildman–Crippen MR) is 133 cm³/mol. The van der Waals surface area contributed by atoms with Crippen molar-refractivity contribution in [3.8, 4) is 11.4 Å². The summed E-state index contributed by atoms with van der Waals surface area (Å²) in [5, 5.41) is 15.3. The summed E-state index contributed by atoms with van der Waals surface area (Å²) in [7, 11) is 1.62. The minimum atomic E-state index is -0.756. The third-order valence-electron chi connectivity index (χ3n) is 6.64. The molecule has 2 aromatic heterocycles. The van der Waals surface area contributed by atoms with Crippen LogP contribution in [-0.4, -0.2) is 44.4 Å². The lowest BCUT2D eigenvalue weighted by Gasteiger charge is -2.25. The second-order valence-corrected chi connectivity index (χ2v) is 9.20. The SMILES string of the molecule is Cc1cc(NC(=O)c2c(C)c(C(=O)C(=O)NC3CCC(O)CC3)n(C)c2-c2ccccn2)ccc1F. The van der Waals surface area contributed by atoms with Gasteiger partial charge in [-0.3, -0.25) is 19.4 Å². The average Bonchev–Trinajstić information content (AvgIpc) is 3.12. The molecule has 1 fully saturated rings. The summed E-state index contributed by atoms with van der Waals surface area (Å²) in [6.45, 7) is 3.22. The Morgan fingerprint density at radius 1 is 1.08 bits per heavy atom. The third kappa shape index (κ3) is 5.06. The quantitative estimate of drug-likeness (QED) is 0.359. The highest BCUT2D eigenvalue weighted by Crippen LogP contribution is 2.31. The molecule has 0 spiro atoms. The van der Waals surface area contributed by atoms with Crippen molar-refractivity contribution in [1.82, 2.24) is 14.9 Å². The highest BCUT2D eigenvalue weighted by Gasteiger charge is 2.32. The molecular formula is C27H29FN4O4. The first-order valence-electron chi connectivity index (χ1n) is 11.9. The van der Waals surface area contributed by atoms with Crippen LogP contribution in [0.1, 0.15) is 57.7 Å². The molecular weight excluding hydrogens is 463 g/mol. The molecule has 9 heteroatoms. The Morgan fingerprint density at radius 3 is 2.44 bits per heavy atom. The first-order chi connectivity index (χ1) is 17.2. The number of aromatic nitrogens is 2. The zero-order chi connectivity index (χ0) is 26.0. The van der Waals surface area contributed by atoms with E-state index in [1.807, 2.05) is 0 Å². The Kier molecular flexibility index (Phi) is 7.30. The number of amides is 2. The number of carbonyl (C=O) groups is 3. The standard InChI is InChI=1S/C27H29FN4O4/c1-15-14-18(9-12-20(15)28)31-26(35)22-16(2)23(32(3)24(22)21-6-4-5-13-29-21)25(34)27(36)30-17-7-10-19(33)11-8-17/h4-6,9,12-14,17,19,33H,7-8,10-11H2,1-3H3,(H,30,36)(H,31,35). The fourth-order valence-electron chi connectivity index (χ4n) is 4.72. The van der Waals surface area contributed by atoms with Crippen LogP contribution >= 0.6 is 0 Å². The molecule has 0 radical (unpaired) electrons. The van der Waals surface area contributed by atoms with Crippen LogP contribution in [0.15, 0.2) is 42.6 Å². The number of hydrogen-bond acceptors (Lipinski definition) is 5. The Labute approximate surface area is 208 Å². The van der Waals surface area contributed by atoms with E-state index in [1.165, 1.54) is 22.8 Å². The summed E-state index contributed by atoms with van der Waals surface area (Å²) in [5.74, 6) is -2.40. The maximum absolute atomic E-state index is 13.7. The number of anilines is 1. The number of ketones is 1. The van der Waals surface area contributed by atoms with Gasteiger partial charge in [-0.1, -0.05) is 6.07 Å². The van der Waals surface area contributed by atoms with E-state index in [9.17, 15) is 23.9 Å². The van der Waals surface area contributed by atoms with Gasteiger partial charge in [-0.2, -0.15) is 0 Å². The molecule has 1 aliphatic carbocycles. The van der Waals surface area contributed by atoms with Gasteiger partial charge in [-0.15, -0.1) is 0 Å². The number of nitrogens with zero attached hydrogens (tertiary/aromatic N) is 2. The molecule has 1 saturated carbocycles. The number of hydrogen-bond donors (Lipinski definition) is 3. The predicted octanol–water partition coefficient (Wildman–Crippen LogP) is 3.70. The number of aliphatic hydroxyl groups is 1. The zero-order valence-corrected chi connectivity index (χ0v) is 20.5. The maximum atomic E-state index is 13.7. The highest BCUT2D eigenvalue weighted by atomic mass is 19.1. The van der Waals surface area contributed by atoms with Crippen molar-refractivity contribution in [2.24, 2.45) is 7.05 Å². The van der Waals surface area contributed by atoms with Crippen LogP contribution in [0.4, 0.5) is 10.1 Å². The number of pyridine rings is 1. The average molecular weight is 493 g/mol. The molecule has 2 amide bonds. The fraction of sp³-hybridized carbons (Fsp3) is 0.333. The lowest BCUT2D eigenvalue weighted by atomic mass is 9.93. The Hall–Kier alpha value is -3.85. The van der Waals surface area contributed by atoms with Crippen LogP contribution in [-0.2, 0) is 11.8 Å². The third-order valence-corrected chi connectivity index (χ3v) is 6.64. The van der Waals surface area contributed by atoms with Crippen molar-refractivity contribution in [3.63, 3.8) is 0 Å². The van der Waals surface area contributed by atoms with Crippen LogP contribution in [0.25, 0.3) is 11.4 Å². The number of halogens is 1. The van der Waals surface area contributed by atoms with E-state index in [1.54, 1.807) is 45.3 Å². The van der Waals surface area contributed by atoms with E-state index in [4.69, 9.17) is 0 Å². The van der Waals surface area contributed by atoms with E-state index >= 15 is 0 Å². The molecule has 3 aromatic rings. The van der Waals surface area contributed by atoms with Gasteiger partial charge in [0.05, 0.1) is 28.7 Å². The van der Waals surface area contributed by atoms with E-state index in [0.717, 1.165) is 0 Å². The van der Waals surface area contributed by atoms with Crippen LogP contribution in [0, 0.1) is 19.7 Å². The summed E-state index contributed by atoms with van der Waals surface area (Å²) in [5.41, 5.74) is 2.27. The minimum Gasteiger partial charge on any atom is -0.393 e. The number of rotatable bonds is 6. The molecule has 4 rings (SSSR count). The fourth-order valence-corrected chi connectivity index (χ4v) is 4.72. The van der Waals surface area contributed by atoms with Gasteiger partial charge < -0.3 is 20.3 Å². The lowest BCUT2D eigenvalue weighted by Crippen LogP contribution is -2.42. The van der Waals surface area contributed by atoms with E-state index in [2.05, 4.69) is 15.6 Å². The van der Waals surface area contributed by atoms with Gasteiger partial charge in [0.25, 0.3) is 17.6 Å². The Balaban J connectivity index is 1.70. The van der Waals surface area contributed by atoms with Gasteiger partial charge in [0.15, 0.2) is 0 Å². The number of nitrogens with one attached hydrogen (secondary N) is 2. The molecule has 8 nitrogen and oxygen atoms in total. The summed E-state index contributed by atoms with van der Waals surface area (Å²) in [6, 6.07) is 9.28. The maximum Gasteiger partial charge on any atom is 0.294 e. The van der Waals surface area contributed by atoms with Crippen LogP contribution < -0.4 is 10.6 Å². The van der Waals surface area contributed by atoms with Crippen molar-refractivity contribution in [3.05, 3.63) is 70.8 Å². The zero-order valence-electron chi connectivity index (χ0n) is 20.5. The lowest BCUT2D eigenvalue weighted by molar-refractivity contribution is -0.118. The van der Waals surface area contributed by atoms with E-state index < -0.39 is 17.6 Å². The van der Waals surface area contributed by atoms with Crippen molar-refractivity contribution in [2.45, 2.75) is 51.7 Å². The van der Waals surface area contributed by atoms with Gasteiger partial charge in [0.2, 0.25) is 0 Å². The number of aryl methyl sites for hydroxylation is 1. The molecule has 1 aliphatic rings. The Morgan fingerprint density at radius 2 is 1.81 bits per heavy atom. The summed E-state index contributed by atoms with van der Waals surface area (Å²) in [4.78, 5) is 44.0. The number of benzene rings is 1. The molecule has 0 atom stereocenters. The molecule has 3 N–H and O–H groups in total. The van der Waals surface area contributed by atoms with Gasteiger partial charge in [-0.25, -0.2) is 4.39 Å². The van der Waals surface area contributed by atoms with Crippen molar-refractivity contribution in [1.29, 1.82) is 0 Å². The smallest absolute Gasteiger partial charge is 0.294 e. The first kappa shape index (κ1) is 25.2.